The maximum Gasteiger partial charge on any atom is 0.335 e. The standard InChI is InChI=1S/C29H29FN4O3/c1-19-14-23(29(35)36)8-9-26(19)32-20(2)17-34-12-10-22(11-13-34)27-4-3-5-28(33-27)37-18-24-7-6-21(16-31)15-25(24)30/h3-9,14-15,22H,10-13,17-18H2,1-2H3,(H,35,36). The maximum atomic E-state index is 14.1. The summed E-state index contributed by atoms with van der Waals surface area (Å²) in [5, 5.41) is 18.0. The normalized spacial score (nSPS) is 14.8. The summed E-state index contributed by atoms with van der Waals surface area (Å²) in [6, 6.07) is 16.9. The second-order valence-electron chi connectivity index (χ2n) is 9.31. The van der Waals surface area contributed by atoms with Gasteiger partial charge in [-0.2, -0.15) is 5.26 Å². The number of carbonyl (C=O) groups is 1. The number of aryl methyl sites for hydroxylation is 1. The third-order valence-corrected chi connectivity index (χ3v) is 6.52. The van der Waals surface area contributed by atoms with E-state index in [9.17, 15) is 9.18 Å². The van der Waals surface area contributed by atoms with Gasteiger partial charge in [-0.3, -0.25) is 9.89 Å². The van der Waals surface area contributed by atoms with Crippen molar-refractivity contribution in [3.63, 3.8) is 0 Å². The number of benzene rings is 2. The van der Waals surface area contributed by atoms with Crippen LogP contribution in [0.2, 0.25) is 0 Å². The van der Waals surface area contributed by atoms with Crippen LogP contribution in [0.3, 0.4) is 0 Å². The number of aromatic carboxylic acids is 1. The number of ether oxygens (including phenoxy) is 1. The molecule has 1 fully saturated rings. The van der Waals surface area contributed by atoms with Gasteiger partial charge in [0.25, 0.3) is 0 Å². The third kappa shape index (κ3) is 6.78. The van der Waals surface area contributed by atoms with Crippen LogP contribution in [-0.2, 0) is 6.61 Å². The fraction of sp³-hybridized carbons (Fsp3) is 0.310. The first kappa shape index (κ1) is 26.0. The Morgan fingerprint density at radius 2 is 2.00 bits per heavy atom. The predicted octanol–water partition coefficient (Wildman–Crippen LogP) is 5.65. The smallest absolute Gasteiger partial charge is 0.335 e. The number of nitrogens with zero attached hydrogens (tertiary/aromatic N) is 4. The van der Waals surface area contributed by atoms with Crippen molar-refractivity contribution in [3.8, 4) is 11.9 Å². The Morgan fingerprint density at radius 1 is 1.22 bits per heavy atom. The molecule has 0 spiro atoms. The highest BCUT2D eigenvalue weighted by Gasteiger charge is 2.22. The minimum Gasteiger partial charge on any atom is -0.478 e. The number of pyridine rings is 1. The SMILES string of the molecule is CC(CN1CCC(c2cccc(OCc3ccc(C#N)cc3F)n2)CC1)=Nc1ccc(C(=O)O)cc1C. The van der Waals surface area contributed by atoms with Gasteiger partial charge in [0.1, 0.15) is 12.4 Å². The van der Waals surface area contributed by atoms with E-state index in [0.29, 0.717) is 17.4 Å². The van der Waals surface area contributed by atoms with Gasteiger partial charge in [0.05, 0.1) is 22.9 Å². The van der Waals surface area contributed by atoms with Gasteiger partial charge in [0, 0.05) is 35.5 Å². The van der Waals surface area contributed by atoms with Gasteiger partial charge in [0.15, 0.2) is 0 Å². The number of carboxylic acid groups (broad SMARTS) is 1. The zero-order valence-corrected chi connectivity index (χ0v) is 20.9. The van der Waals surface area contributed by atoms with E-state index in [0.717, 1.165) is 55.1 Å². The minimum absolute atomic E-state index is 0.0452. The molecular weight excluding hydrogens is 471 g/mol. The number of rotatable bonds is 8. The minimum atomic E-state index is -0.940. The molecule has 1 aliphatic rings. The van der Waals surface area contributed by atoms with E-state index in [1.54, 1.807) is 36.4 Å². The molecule has 4 rings (SSSR count). The second-order valence-corrected chi connectivity index (χ2v) is 9.31. The molecule has 0 bridgehead atoms. The summed E-state index contributed by atoms with van der Waals surface area (Å²) in [5.41, 5.74) is 4.50. The molecule has 1 saturated heterocycles. The highest BCUT2D eigenvalue weighted by atomic mass is 19.1. The Morgan fingerprint density at radius 3 is 2.68 bits per heavy atom. The number of piperidine rings is 1. The Bertz CT molecular complexity index is 1360. The zero-order chi connectivity index (χ0) is 26.4. The van der Waals surface area contributed by atoms with Gasteiger partial charge >= 0.3 is 5.97 Å². The van der Waals surface area contributed by atoms with E-state index in [1.165, 1.54) is 6.07 Å². The third-order valence-electron chi connectivity index (χ3n) is 6.52. The van der Waals surface area contributed by atoms with Crippen LogP contribution < -0.4 is 4.74 Å². The molecule has 0 radical (unpaired) electrons. The number of carboxylic acids is 1. The molecule has 0 aliphatic carbocycles. The molecule has 0 saturated carbocycles. The molecule has 37 heavy (non-hydrogen) atoms. The van der Waals surface area contributed by atoms with Crippen molar-refractivity contribution < 1.29 is 19.0 Å². The molecule has 7 nitrogen and oxygen atoms in total. The second kappa shape index (κ2) is 11.8. The molecule has 2 heterocycles. The van der Waals surface area contributed by atoms with Gasteiger partial charge in [-0.05, 0) is 81.7 Å². The summed E-state index contributed by atoms with van der Waals surface area (Å²) < 4.78 is 19.9. The van der Waals surface area contributed by atoms with E-state index in [-0.39, 0.29) is 17.7 Å². The van der Waals surface area contributed by atoms with Gasteiger partial charge in [-0.25, -0.2) is 14.2 Å². The Hall–Kier alpha value is -4.09. The average molecular weight is 501 g/mol. The van der Waals surface area contributed by atoms with Crippen LogP contribution >= 0.6 is 0 Å². The van der Waals surface area contributed by atoms with E-state index >= 15 is 0 Å². The molecule has 0 unspecified atom stereocenters. The van der Waals surface area contributed by atoms with Crippen LogP contribution in [0, 0.1) is 24.1 Å². The highest BCUT2D eigenvalue weighted by molar-refractivity contribution is 5.90. The molecule has 3 aromatic rings. The van der Waals surface area contributed by atoms with E-state index in [4.69, 9.17) is 20.1 Å². The molecule has 1 aliphatic heterocycles. The molecule has 190 valence electrons. The Balaban J connectivity index is 1.31. The summed E-state index contributed by atoms with van der Waals surface area (Å²) in [6.45, 7) is 6.49. The number of hydrogen-bond acceptors (Lipinski definition) is 6. The zero-order valence-electron chi connectivity index (χ0n) is 20.9. The number of hydrogen-bond donors (Lipinski definition) is 1. The van der Waals surface area contributed by atoms with Gasteiger partial charge < -0.3 is 9.84 Å². The van der Waals surface area contributed by atoms with Crippen molar-refractivity contribution in [1.82, 2.24) is 9.88 Å². The van der Waals surface area contributed by atoms with Crippen LogP contribution in [0.4, 0.5) is 10.1 Å². The van der Waals surface area contributed by atoms with Gasteiger partial charge in [-0.15, -0.1) is 0 Å². The number of nitriles is 1. The fourth-order valence-corrected chi connectivity index (χ4v) is 4.49. The summed E-state index contributed by atoms with van der Waals surface area (Å²) in [7, 11) is 0. The van der Waals surface area contributed by atoms with Crippen LogP contribution in [0.1, 0.15) is 58.4 Å². The van der Waals surface area contributed by atoms with E-state index in [2.05, 4.69) is 9.88 Å². The molecule has 0 amide bonds. The predicted molar refractivity (Wildman–Crippen MR) is 139 cm³/mol. The summed E-state index contributed by atoms with van der Waals surface area (Å²) in [6.07, 6.45) is 1.92. The maximum absolute atomic E-state index is 14.1. The van der Waals surface area contributed by atoms with Crippen LogP contribution in [0.5, 0.6) is 5.88 Å². The van der Waals surface area contributed by atoms with Gasteiger partial charge in [0.2, 0.25) is 5.88 Å². The molecule has 0 atom stereocenters. The van der Waals surface area contributed by atoms with Crippen molar-refractivity contribution >= 4 is 17.4 Å². The lowest BCUT2D eigenvalue weighted by Gasteiger charge is -2.31. The molecular formula is C29H29FN4O3. The Kier molecular flexibility index (Phi) is 8.26. The summed E-state index contributed by atoms with van der Waals surface area (Å²) >= 11 is 0. The molecule has 1 aromatic heterocycles. The first-order valence-electron chi connectivity index (χ1n) is 12.2. The Labute approximate surface area is 215 Å². The number of likely N-dealkylation sites (tertiary alicyclic amines) is 1. The topological polar surface area (TPSA) is 98.8 Å². The lowest BCUT2D eigenvalue weighted by atomic mass is 9.93. The quantitative estimate of drug-likeness (QED) is 0.401. The van der Waals surface area contributed by atoms with Crippen molar-refractivity contribution in [2.45, 2.75) is 39.2 Å². The summed E-state index contributed by atoms with van der Waals surface area (Å²) in [4.78, 5) is 22.9. The lowest BCUT2D eigenvalue weighted by Crippen LogP contribution is -2.36. The van der Waals surface area contributed by atoms with Crippen LogP contribution in [0.15, 0.2) is 59.6 Å². The number of aromatic nitrogens is 1. The van der Waals surface area contributed by atoms with Gasteiger partial charge in [-0.1, -0.05) is 12.1 Å². The van der Waals surface area contributed by atoms with Crippen LogP contribution in [-0.4, -0.2) is 46.3 Å². The van der Waals surface area contributed by atoms with E-state index < -0.39 is 11.8 Å². The first-order valence-corrected chi connectivity index (χ1v) is 12.2. The van der Waals surface area contributed by atoms with Crippen molar-refractivity contribution in [2.75, 3.05) is 19.6 Å². The molecule has 8 heteroatoms. The molecule has 2 aromatic carbocycles. The average Bonchev–Trinajstić information content (AvgIpc) is 2.89. The first-order chi connectivity index (χ1) is 17.8. The number of halogens is 1. The van der Waals surface area contributed by atoms with Crippen molar-refractivity contribution in [2.24, 2.45) is 4.99 Å². The van der Waals surface area contributed by atoms with Crippen molar-refractivity contribution in [3.05, 3.63) is 88.4 Å². The van der Waals surface area contributed by atoms with Crippen molar-refractivity contribution in [1.29, 1.82) is 5.26 Å². The lowest BCUT2D eigenvalue weighted by molar-refractivity contribution is 0.0697. The largest absolute Gasteiger partial charge is 0.478 e. The highest BCUT2D eigenvalue weighted by Crippen LogP contribution is 2.28. The fourth-order valence-electron chi connectivity index (χ4n) is 4.49. The summed E-state index contributed by atoms with van der Waals surface area (Å²) in [5.74, 6) is -0.635. The van der Waals surface area contributed by atoms with E-state index in [1.807, 2.05) is 32.0 Å². The number of aliphatic imine (C=N–C) groups is 1. The molecule has 1 N–H and O–H groups in total. The monoisotopic (exact) mass is 500 g/mol. The van der Waals surface area contributed by atoms with Crippen LogP contribution in [0.25, 0.3) is 0 Å².